The van der Waals surface area contributed by atoms with Crippen LogP contribution in [0.4, 0.5) is 11.4 Å². The van der Waals surface area contributed by atoms with Crippen LogP contribution in [-0.2, 0) is 26.8 Å². The fourth-order valence-electron chi connectivity index (χ4n) is 4.96. The first kappa shape index (κ1) is 26.3. The van der Waals surface area contributed by atoms with Crippen molar-refractivity contribution < 1.29 is 13.2 Å². The summed E-state index contributed by atoms with van der Waals surface area (Å²) >= 11 is 0. The molecule has 1 fully saturated rings. The smallest absolute Gasteiger partial charge is 0.264 e. The molecule has 1 saturated carbocycles. The van der Waals surface area contributed by atoms with E-state index >= 15 is 0 Å². The number of imidazole rings is 1. The summed E-state index contributed by atoms with van der Waals surface area (Å²) in [7, 11) is -0.450. The van der Waals surface area contributed by atoms with Gasteiger partial charge in [-0.1, -0.05) is 40.0 Å². The number of aromatic nitrogens is 2. The molecule has 1 aliphatic carbocycles. The van der Waals surface area contributed by atoms with Crippen LogP contribution < -0.4 is 9.62 Å². The predicted molar refractivity (Wildman–Crippen MR) is 149 cm³/mol. The highest BCUT2D eigenvalue weighted by molar-refractivity contribution is 7.92. The first-order chi connectivity index (χ1) is 17.0. The molecule has 0 unspecified atom stereocenters. The van der Waals surface area contributed by atoms with Gasteiger partial charge in [-0.2, -0.15) is 0 Å². The van der Waals surface area contributed by atoms with E-state index in [2.05, 4.69) is 30.7 Å². The van der Waals surface area contributed by atoms with Crippen molar-refractivity contribution in [3.05, 3.63) is 48.3 Å². The number of hydrogen-bond donors (Lipinski definition) is 1. The van der Waals surface area contributed by atoms with Crippen molar-refractivity contribution in [3.8, 4) is 0 Å². The molecule has 0 spiro atoms. The van der Waals surface area contributed by atoms with Crippen LogP contribution in [0.15, 0.2) is 47.4 Å². The number of sulfonamides is 1. The third-order valence-electron chi connectivity index (χ3n) is 7.05. The number of amides is 1. The Labute approximate surface area is 215 Å². The molecule has 0 saturated heterocycles. The minimum absolute atomic E-state index is 0.117. The number of hydrogen-bond acceptors (Lipinski definition) is 4. The summed E-state index contributed by atoms with van der Waals surface area (Å²) in [5.74, 6) is 1.58. The van der Waals surface area contributed by atoms with Crippen molar-refractivity contribution in [3.63, 3.8) is 0 Å². The van der Waals surface area contributed by atoms with Crippen LogP contribution in [0, 0.1) is 5.92 Å². The number of anilines is 2. The molecule has 1 aliphatic rings. The van der Waals surface area contributed by atoms with Crippen LogP contribution in [0.5, 0.6) is 0 Å². The maximum Gasteiger partial charge on any atom is 0.264 e. The van der Waals surface area contributed by atoms with Crippen molar-refractivity contribution in [2.75, 3.05) is 16.7 Å². The molecule has 4 rings (SSSR count). The summed E-state index contributed by atoms with van der Waals surface area (Å²) in [6.07, 6.45) is 6.78. The second kappa shape index (κ2) is 10.3. The maximum atomic E-state index is 13.4. The van der Waals surface area contributed by atoms with E-state index in [-0.39, 0.29) is 16.2 Å². The van der Waals surface area contributed by atoms with Crippen LogP contribution in [0.3, 0.4) is 0 Å². The van der Waals surface area contributed by atoms with Crippen molar-refractivity contribution >= 4 is 46.2 Å². The largest absolute Gasteiger partial charge is 0.327 e. The standard InChI is InChI=1S/C27H37BN4O3S/c1-27(2,3)26-30-23-16-21(12-15-24(23)32(26)18-19-8-6-5-7-9-19)31(4)36(34,35)22-13-10-20(11-14-22)29-25(33)17-28/h10-16,19H,5-9,17-18,28H2,1-4H3,(H,29,33). The summed E-state index contributed by atoms with van der Waals surface area (Å²) in [6.45, 7) is 7.48. The summed E-state index contributed by atoms with van der Waals surface area (Å²) < 4.78 is 30.4. The SMILES string of the molecule is BCC(=O)Nc1ccc(S(=O)(=O)N(C)c2ccc3c(c2)nc(C(C)(C)C)n3CC2CCCCC2)cc1. The highest BCUT2D eigenvalue weighted by atomic mass is 32.2. The second-order valence-electron chi connectivity index (χ2n) is 10.9. The summed E-state index contributed by atoms with van der Waals surface area (Å²) in [4.78, 5) is 16.8. The summed E-state index contributed by atoms with van der Waals surface area (Å²) in [5.41, 5.74) is 2.88. The molecule has 192 valence electrons. The van der Waals surface area contributed by atoms with E-state index < -0.39 is 10.0 Å². The van der Waals surface area contributed by atoms with Crippen LogP contribution >= 0.6 is 0 Å². The zero-order valence-electron chi connectivity index (χ0n) is 22.0. The highest BCUT2D eigenvalue weighted by Gasteiger charge is 2.27. The lowest BCUT2D eigenvalue weighted by atomic mass is 9.88. The van der Waals surface area contributed by atoms with Crippen molar-refractivity contribution in [2.45, 2.75) is 76.1 Å². The second-order valence-corrected chi connectivity index (χ2v) is 12.8. The van der Waals surface area contributed by atoms with E-state index in [9.17, 15) is 13.2 Å². The molecule has 9 heteroatoms. The number of nitrogens with zero attached hydrogens (tertiary/aromatic N) is 3. The van der Waals surface area contributed by atoms with Gasteiger partial charge in [-0.3, -0.25) is 9.10 Å². The molecule has 36 heavy (non-hydrogen) atoms. The minimum atomic E-state index is -3.78. The quantitative estimate of drug-likeness (QED) is 0.468. The monoisotopic (exact) mass is 508 g/mol. The number of carbonyl (C=O) groups is 1. The van der Waals surface area contributed by atoms with Gasteiger partial charge in [0.25, 0.3) is 10.0 Å². The molecule has 2 aromatic carbocycles. The lowest BCUT2D eigenvalue weighted by Crippen LogP contribution is -2.26. The molecule has 0 atom stereocenters. The zero-order valence-corrected chi connectivity index (χ0v) is 22.9. The van der Waals surface area contributed by atoms with E-state index in [4.69, 9.17) is 4.98 Å². The van der Waals surface area contributed by atoms with Gasteiger partial charge in [0.1, 0.15) is 13.7 Å². The van der Waals surface area contributed by atoms with Gasteiger partial charge in [0.2, 0.25) is 5.91 Å². The topological polar surface area (TPSA) is 84.3 Å². The Bertz CT molecular complexity index is 1340. The molecule has 1 heterocycles. The van der Waals surface area contributed by atoms with Crippen LogP contribution in [0.25, 0.3) is 11.0 Å². The fourth-order valence-corrected chi connectivity index (χ4v) is 6.14. The molecule has 7 nitrogen and oxygen atoms in total. The Hall–Kier alpha value is -2.81. The molecular formula is C27H37BN4O3S. The van der Waals surface area contributed by atoms with Crippen molar-refractivity contribution in [1.29, 1.82) is 0 Å². The Balaban J connectivity index is 1.65. The minimum Gasteiger partial charge on any atom is -0.327 e. The summed E-state index contributed by atoms with van der Waals surface area (Å²) in [6, 6.07) is 12.0. The van der Waals surface area contributed by atoms with E-state index in [1.807, 2.05) is 18.2 Å². The average molecular weight is 508 g/mol. The normalized spacial score (nSPS) is 15.2. The number of rotatable bonds is 7. The fraction of sp³-hybridized carbons (Fsp3) is 0.481. The van der Waals surface area contributed by atoms with Gasteiger partial charge >= 0.3 is 0 Å². The molecule has 1 amide bonds. The van der Waals surface area contributed by atoms with Gasteiger partial charge in [0, 0.05) is 24.7 Å². The number of nitrogens with one attached hydrogen (secondary N) is 1. The van der Waals surface area contributed by atoms with Crippen LogP contribution in [0.2, 0.25) is 6.32 Å². The molecular weight excluding hydrogens is 471 g/mol. The van der Waals surface area contributed by atoms with Gasteiger partial charge in [0.15, 0.2) is 0 Å². The zero-order chi connectivity index (χ0) is 26.1. The summed E-state index contributed by atoms with van der Waals surface area (Å²) in [5, 5.41) is 2.74. The Morgan fingerprint density at radius 2 is 1.78 bits per heavy atom. The van der Waals surface area contributed by atoms with Crippen LogP contribution in [0.1, 0.15) is 58.7 Å². The predicted octanol–water partition coefficient (Wildman–Crippen LogP) is 4.73. The molecule has 0 bridgehead atoms. The first-order valence-corrected chi connectivity index (χ1v) is 14.3. The van der Waals surface area contributed by atoms with Crippen molar-refractivity contribution in [1.82, 2.24) is 9.55 Å². The molecule has 3 aromatic rings. The van der Waals surface area contributed by atoms with Gasteiger partial charge in [0.05, 0.1) is 21.6 Å². The Kier molecular flexibility index (Phi) is 7.50. The number of fused-ring (bicyclic) bond motifs is 1. The lowest BCUT2D eigenvalue weighted by molar-refractivity contribution is -0.114. The first-order valence-electron chi connectivity index (χ1n) is 12.9. The van der Waals surface area contributed by atoms with E-state index in [0.717, 1.165) is 23.4 Å². The van der Waals surface area contributed by atoms with Gasteiger partial charge in [-0.15, -0.1) is 0 Å². The molecule has 0 aliphatic heterocycles. The molecule has 0 radical (unpaired) electrons. The van der Waals surface area contributed by atoms with E-state index in [1.54, 1.807) is 27.0 Å². The highest BCUT2D eigenvalue weighted by Crippen LogP contribution is 2.33. The van der Waals surface area contributed by atoms with Gasteiger partial charge in [-0.05, 0) is 67.5 Å². The number of benzene rings is 2. The number of carbonyl (C=O) groups excluding carboxylic acids is 1. The van der Waals surface area contributed by atoms with Gasteiger partial charge in [-0.25, -0.2) is 13.4 Å². The Morgan fingerprint density at radius 1 is 1.11 bits per heavy atom. The maximum absolute atomic E-state index is 13.4. The third-order valence-corrected chi connectivity index (χ3v) is 8.85. The van der Waals surface area contributed by atoms with Gasteiger partial charge < -0.3 is 9.88 Å². The molecule has 1 aromatic heterocycles. The lowest BCUT2D eigenvalue weighted by Gasteiger charge is -2.26. The average Bonchev–Trinajstić information content (AvgIpc) is 3.22. The van der Waals surface area contributed by atoms with E-state index in [1.165, 1.54) is 48.5 Å². The molecule has 1 N–H and O–H groups in total. The third kappa shape index (κ3) is 5.46. The Morgan fingerprint density at radius 3 is 2.39 bits per heavy atom. The van der Waals surface area contributed by atoms with E-state index in [0.29, 0.717) is 23.6 Å². The van der Waals surface area contributed by atoms with Crippen LogP contribution in [-0.4, -0.2) is 38.8 Å². The van der Waals surface area contributed by atoms with Crippen molar-refractivity contribution in [2.24, 2.45) is 5.92 Å².